The Kier molecular flexibility index (Phi) is 5.49. The Bertz CT molecular complexity index is 1000. The number of fused-ring (bicyclic) bond motifs is 1. The zero-order chi connectivity index (χ0) is 20.3. The molecule has 28 heavy (non-hydrogen) atoms. The molecular weight excluding hydrogens is 360 g/mol. The molecule has 8 heteroatoms. The van der Waals surface area contributed by atoms with E-state index in [1.807, 2.05) is 6.07 Å². The largest absolute Gasteiger partial charge is 0.497 e. The lowest BCUT2D eigenvalue weighted by Gasteiger charge is -2.13. The zero-order valence-electron chi connectivity index (χ0n) is 16.2. The van der Waals surface area contributed by atoms with E-state index >= 15 is 0 Å². The van der Waals surface area contributed by atoms with Crippen LogP contribution in [0.2, 0.25) is 0 Å². The predicted octanol–water partition coefficient (Wildman–Crippen LogP) is 2.39. The molecule has 1 heterocycles. The third kappa shape index (κ3) is 3.90. The van der Waals surface area contributed by atoms with Crippen molar-refractivity contribution in [2.24, 2.45) is 0 Å². The van der Waals surface area contributed by atoms with Crippen LogP contribution in [-0.2, 0) is 11.3 Å². The van der Waals surface area contributed by atoms with E-state index in [1.54, 1.807) is 69.5 Å². The number of ether oxygens (including phenoxy) is 2. The van der Waals surface area contributed by atoms with Crippen LogP contribution in [0.25, 0.3) is 11.0 Å². The molecule has 8 nitrogen and oxygen atoms in total. The Morgan fingerprint density at radius 1 is 1.11 bits per heavy atom. The van der Waals surface area contributed by atoms with Crippen molar-refractivity contribution in [3.8, 4) is 11.5 Å². The maximum Gasteiger partial charge on any atom is 0.255 e. The number of hydrogen-bond acceptors (Lipinski definition) is 5. The smallest absolute Gasteiger partial charge is 0.255 e. The Morgan fingerprint density at radius 2 is 1.79 bits per heavy atom. The SMILES string of the molecule is COc1cc(NC(=O)Cn2cnc3cccc(C(=O)N(C)C)c32)cc(OC)c1. The number of methoxy groups -OCH3 is 2. The number of imidazole rings is 1. The van der Waals surface area contributed by atoms with Gasteiger partial charge in [0.25, 0.3) is 5.91 Å². The van der Waals surface area contributed by atoms with Crippen molar-refractivity contribution in [3.63, 3.8) is 0 Å². The molecule has 2 aromatic carbocycles. The number of aromatic nitrogens is 2. The molecule has 0 saturated carbocycles. The fourth-order valence-electron chi connectivity index (χ4n) is 2.90. The van der Waals surface area contributed by atoms with Gasteiger partial charge in [0, 0.05) is 38.0 Å². The van der Waals surface area contributed by atoms with Gasteiger partial charge in [0.05, 0.1) is 37.1 Å². The highest BCUT2D eigenvalue weighted by Gasteiger charge is 2.17. The fraction of sp³-hybridized carbons (Fsp3) is 0.250. The van der Waals surface area contributed by atoms with E-state index in [1.165, 1.54) is 4.90 Å². The Morgan fingerprint density at radius 3 is 2.39 bits per heavy atom. The van der Waals surface area contributed by atoms with Gasteiger partial charge < -0.3 is 24.3 Å². The van der Waals surface area contributed by atoms with Crippen molar-refractivity contribution in [1.82, 2.24) is 14.5 Å². The first kappa shape index (κ1) is 19.2. The summed E-state index contributed by atoms with van der Waals surface area (Å²) in [7, 11) is 6.46. The van der Waals surface area contributed by atoms with Crippen LogP contribution in [0, 0.1) is 0 Å². The number of anilines is 1. The van der Waals surface area contributed by atoms with Crippen LogP contribution in [0.3, 0.4) is 0 Å². The van der Waals surface area contributed by atoms with Crippen LogP contribution in [0.4, 0.5) is 5.69 Å². The summed E-state index contributed by atoms with van der Waals surface area (Å²) in [6, 6.07) is 10.4. The third-order valence-corrected chi connectivity index (χ3v) is 4.22. The Balaban J connectivity index is 1.87. The fourth-order valence-corrected chi connectivity index (χ4v) is 2.90. The highest BCUT2D eigenvalue weighted by atomic mass is 16.5. The quantitative estimate of drug-likeness (QED) is 0.708. The van der Waals surface area contributed by atoms with Crippen molar-refractivity contribution in [3.05, 3.63) is 48.3 Å². The van der Waals surface area contributed by atoms with Crippen molar-refractivity contribution < 1.29 is 19.1 Å². The van der Waals surface area contributed by atoms with Gasteiger partial charge in [0.15, 0.2) is 0 Å². The van der Waals surface area contributed by atoms with Gasteiger partial charge in [0.1, 0.15) is 18.0 Å². The molecule has 1 aromatic heterocycles. The highest BCUT2D eigenvalue weighted by Crippen LogP contribution is 2.26. The monoisotopic (exact) mass is 382 g/mol. The molecule has 3 rings (SSSR count). The number of hydrogen-bond donors (Lipinski definition) is 1. The van der Waals surface area contributed by atoms with Crippen LogP contribution in [0.1, 0.15) is 10.4 Å². The molecular formula is C20H22N4O4. The number of carbonyl (C=O) groups excluding carboxylic acids is 2. The van der Waals surface area contributed by atoms with Crippen LogP contribution >= 0.6 is 0 Å². The van der Waals surface area contributed by atoms with E-state index in [9.17, 15) is 9.59 Å². The molecule has 0 atom stereocenters. The number of nitrogens with zero attached hydrogens (tertiary/aromatic N) is 3. The molecule has 0 aliphatic heterocycles. The number of benzene rings is 2. The summed E-state index contributed by atoms with van der Waals surface area (Å²) in [6.07, 6.45) is 1.56. The van der Waals surface area contributed by atoms with Gasteiger partial charge in [-0.2, -0.15) is 0 Å². The molecule has 0 unspecified atom stereocenters. The topological polar surface area (TPSA) is 85.7 Å². The van der Waals surface area contributed by atoms with E-state index < -0.39 is 0 Å². The lowest BCUT2D eigenvalue weighted by molar-refractivity contribution is -0.116. The standard InChI is InChI=1S/C20H22N4O4/c1-23(2)20(26)16-6-5-7-17-19(16)24(12-21-17)11-18(25)22-13-8-14(27-3)10-15(9-13)28-4/h5-10,12H,11H2,1-4H3,(H,22,25). The van der Waals surface area contributed by atoms with Gasteiger partial charge in [-0.3, -0.25) is 9.59 Å². The van der Waals surface area contributed by atoms with Crippen LogP contribution in [-0.4, -0.2) is 54.6 Å². The maximum atomic E-state index is 12.6. The summed E-state index contributed by atoms with van der Waals surface area (Å²) in [6.45, 7) is 0.00769. The second kappa shape index (κ2) is 7.99. The van der Waals surface area contributed by atoms with Gasteiger partial charge >= 0.3 is 0 Å². The summed E-state index contributed by atoms with van der Waals surface area (Å²) < 4.78 is 12.1. The van der Waals surface area contributed by atoms with Gasteiger partial charge in [-0.25, -0.2) is 4.98 Å². The molecule has 146 valence electrons. The van der Waals surface area contributed by atoms with Crippen LogP contribution < -0.4 is 14.8 Å². The Hall–Kier alpha value is -3.55. The molecule has 0 saturated heterocycles. The van der Waals surface area contributed by atoms with Crippen molar-refractivity contribution in [1.29, 1.82) is 0 Å². The van der Waals surface area contributed by atoms with Crippen LogP contribution in [0.5, 0.6) is 11.5 Å². The summed E-state index contributed by atoms with van der Waals surface area (Å²) >= 11 is 0. The van der Waals surface area contributed by atoms with E-state index in [0.29, 0.717) is 33.8 Å². The first-order valence-corrected chi connectivity index (χ1v) is 8.61. The minimum absolute atomic E-state index is 0.00769. The lowest BCUT2D eigenvalue weighted by Crippen LogP contribution is -2.23. The van der Waals surface area contributed by atoms with Gasteiger partial charge in [-0.15, -0.1) is 0 Å². The second-order valence-corrected chi connectivity index (χ2v) is 6.39. The van der Waals surface area contributed by atoms with E-state index in [-0.39, 0.29) is 18.4 Å². The maximum absolute atomic E-state index is 12.6. The number of amides is 2. The molecule has 0 aliphatic rings. The van der Waals surface area contributed by atoms with Gasteiger partial charge in [0.2, 0.25) is 5.91 Å². The predicted molar refractivity (Wildman–Crippen MR) is 106 cm³/mol. The molecule has 3 aromatic rings. The van der Waals surface area contributed by atoms with E-state index in [2.05, 4.69) is 10.3 Å². The lowest BCUT2D eigenvalue weighted by atomic mass is 10.1. The van der Waals surface area contributed by atoms with Crippen molar-refractivity contribution >= 4 is 28.5 Å². The molecule has 0 bridgehead atoms. The summed E-state index contributed by atoms with van der Waals surface area (Å²) in [5, 5.41) is 2.82. The average molecular weight is 382 g/mol. The average Bonchev–Trinajstić information content (AvgIpc) is 3.09. The molecule has 0 radical (unpaired) electrons. The molecule has 0 fully saturated rings. The zero-order valence-corrected chi connectivity index (χ0v) is 16.2. The molecule has 0 spiro atoms. The summed E-state index contributed by atoms with van der Waals surface area (Å²) in [4.78, 5) is 30.9. The number of para-hydroxylation sites is 1. The van der Waals surface area contributed by atoms with E-state index in [4.69, 9.17) is 9.47 Å². The second-order valence-electron chi connectivity index (χ2n) is 6.39. The summed E-state index contributed by atoms with van der Waals surface area (Å²) in [5.41, 5.74) is 2.33. The minimum atomic E-state index is -0.262. The first-order chi connectivity index (χ1) is 13.4. The summed E-state index contributed by atoms with van der Waals surface area (Å²) in [5.74, 6) is 0.732. The number of rotatable bonds is 6. The third-order valence-electron chi connectivity index (χ3n) is 4.22. The normalized spacial score (nSPS) is 10.6. The molecule has 2 amide bonds. The van der Waals surface area contributed by atoms with Gasteiger partial charge in [-0.05, 0) is 12.1 Å². The Labute approximate surface area is 162 Å². The van der Waals surface area contributed by atoms with Crippen molar-refractivity contribution in [2.75, 3.05) is 33.6 Å². The van der Waals surface area contributed by atoms with Crippen molar-refractivity contribution in [2.45, 2.75) is 6.54 Å². The van der Waals surface area contributed by atoms with Crippen LogP contribution in [0.15, 0.2) is 42.7 Å². The number of carbonyl (C=O) groups is 2. The molecule has 0 aliphatic carbocycles. The first-order valence-electron chi connectivity index (χ1n) is 8.61. The molecule has 1 N–H and O–H groups in total. The van der Waals surface area contributed by atoms with Gasteiger partial charge in [-0.1, -0.05) is 6.07 Å². The minimum Gasteiger partial charge on any atom is -0.497 e. The number of nitrogens with one attached hydrogen (secondary N) is 1. The highest BCUT2D eigenvalue weighted by molar-refractivity contribution is 6.05. The van der Waals surface area contributed by atoms with E-state index in [0.717, 1.165) is 0 Å².